The van der Waals surface area contributed by atoms with E-state index in [9.17, 15) is 9.18 Å². The summed E-state index contributed by atoms with van der Waals surface area (Å²) >= 11 is 3.13. The van der Waals surface area contributed by atoms with Gasteiger partial charge in [0.05, 0.1) is 18.0 Å². The van der Waals surface area contributed by atoms with Crippen LogP contribution in [0, 0.1) is 5.95 Å². The van der Waals surface area contributed by atoms with Gasteiger partial charge in [-0.25, -0.2) is 15.0 Å². The van der Waals surface area contributed by atoms with Crippen molar-refractivity contribution in [2.24, 2.45) is 0 Å². The van der Waals surface area contributed by atoms with Gasteiger partial charge in [0.25, 0.3) is 5.91 Å². The van der Waals surface area contributed by atoms with Gasteiger partial charge in [-0.2, -0.15) is 4.39 Å². The van der Waals surface area contributed by atoms with E-state index in [1.807, 2.05) is 0 Å². The first-order valence-electron chi connectivity index (χ1n) is 4.55. The SMILES string of the molecule is O=C(Nc1cnc(Br)cn1)c1ccc(F)nc1. The molecule has 0 bridgehead atoms. The van der Waals surface area contributed by atoms with Crippen LogP contribution in [-0.2, 0) is 0 Å². The predicted octanol–water partition coefficient (Wildman–Crippen LogP) is 2.03. The molecule has 0 spiro atoms. The Labute approximate surface area is 104 Å². The summed E-state index contributed by atoms with van der Waals surface area (Å²) in [6.07, 6.45) is 4.01. The molecule has 0 aliphatic heterocycles. The van der Waals surface area contributed by atoms with Gasteiger partial charge in [0.15, 0.2) is 5.82 Å². The smallest absolute Gasteiger partial charge is 0.258 e. The minimum atomic E-state index is -0.634. The molecule has 0 unspecified atom stereocenters. The van der Waals surface area contributed by atoms with E-state index in [-0.39, 0.29) is 5.56 Å². The Morgan fingerprint density at radius 3 is 2.59 bits per heavy atom. The molecule has 0 saturated heterocycles. The maximum Gasteiger partial charge on any atom is 0.258 e. The summed E-state index contributed by atoms with van der Waals surface area (Å²) in [6, 6.07) is 2.45. The lowest BCUT2D eigenvalue weighted by Gasteiger charge is -2.03. The molecular formula is C10H6BrFN4O. The Balaban J connectivity index is 2.11. The molecule has 17 heavy (non-hydrogen) atoms. The molecule has 7 heteroatoms. The normalized spacial score (nSPS) is 10.0. The van der Waals surface area contributed by atoms with Crippen LogP contribution in [0.3, 0.4) is 0 Å². The number of carbonyl (C=O) groups excluding carboxylic acids is 1. The molecular weight excluding hydrogens is 291 g/mol. The molecule has 2 heterocycles. The fourth-order valence-corrected chi connectivity index (χ4v) is 1.28. The minimum Gasteiger partial charge on any atom is -0.305 e. The summed E-state index contributed by atoms with van der Waals surface area (Å²) in [6.45, 7) is 0. The number of halogens is 2. The van der Waals surface area contributed by atoms with Crippen molar-refractivity contribution in [3.63, 3.8) is 0 Å². The second-order valence-corrected chi connectivity index (χ2v) is 3.86. The highest BCUT2D eigenvalue weighted by Gasteiger charge is 2.07. The zero-order chi connectivity index (χ0) is 12.3. The van der Waals surface area contributed by atoms with Gasteiger partial charge in [-0.05, 0) is 28.1 Å². The van der Waals surface area contributed by atoms with Crippen molar-refractivity contribution in [2.45, 2.75) is 0 Å². The van der Waals surface area contributed by atoms with E-state index in [2.05, 4.69) is 36.2 Å². The number of carbonyl (C=O) groups is 1. The fourth-order valence-electron chi connectivity index (χ4n) is 1.08. The molecule has 0 atom stereocenters. The molecule has 2 aromatic rings. The van der Waals surface area contributed by atoms with Crippen LogP contribution in [0.2, 0.25) is 0 Å². The molecule has 1 amide bonds. The first-order chi connectivity index (χ1) is 8.15. The van der Waals surface area contributed by atoms with Crippen LogP contribution < -0.4 is 5.32 Å². The molecule has 1 N–H and O–H groups in total. The van der Waals surface area contributed by atoms with Gasteiger partial charge in [0, 0.05) is 6.20 Å². The van der Waals surface area contributed by atoms with Crippen LogP contribution in [0.15, 0.2) is 35.3 Å². The zero-order valence-electron chi connectivity index (χ0n) is 8.39. The second kappa shape index (κ2) is 4.96. The van der Waals surface area contributed by atoms with Gasteiger partial charge in [-0.1, -0.05) is 0 Å². The second-order valence-electron chi connectivity index (χ2n) is 3.05. The van der Waals surface area contributed by atoms with Gasteiger partial charge < -0.3 is 5.32 Å². The van der Waals surface area contributed by atoms with Gasteiger partial charge in [0.1, 0.15) is 4.60 Å². The third-order valence-corrected chi connectivity index (χ3v) is 2.26. The van der Waals surface area contributed by atoms with E-state index >= 15 is 0 Å². The quantitative estimate of drug-likeness (QED) is 0.861. The third kappa shape index (κ3) is 3.04. The molecule has 0 aromatic carbocycles. The molecule has 0 aliphatic rings. The highest BCUT2D eigenvalue weighted by Crippen LogP contribution is 2.08. The number of hydrogen-bond acceptors (Lipinski definition) is 4. The minimum absolute atomic E-state index is 0.246. The predicted molar refractivity (Wildman–Crippen MR) is 61.9 cm³/mol. The maximum absolute atomic E-state index is 12.6. The molecule has 0 fully saturated rings. The number of amides is 1. The van der Waals surface area contributed by atoms with Crippen LogP contribution in [-0.4, -0.2) is 20.9 Å². The Morgan fingerprint density at radius 1 is 1.18 bits per heavy atom. The summed E-state index contributed by atoms with van der Waals surface area (Å²) < 4.78 is 13.1. The molecule has 0 radical (unpaired) electrons. The maximum atomic E-state index is 12.6. The first-order valence-corrected chi connectivity index (χ1v) is 5.35. The van der Waals surface area contributed by atoms with Crippen molar-refractivity contribution in [3.8, 4) is 0 Å². The summed E-state index contributed by atoms with van der Waals surface area (Å²) in [5.74, 6) is -0.748. The van der Waals surface area contributed by atoms with E-state index in [0.717, 1.165) is 12.3 Å². The molecule has 2 aromatic heterocycles. The molecule has 0 aliphatic carbocycles. The zero-order valence-corrected chi connectivity index (χ0v) is 9.98. The Hall–Kier alpha value is -1.89. The lowest BCUT2D eigenvalue weighted by molar-refractivity contribution is 0.102. The number of rotatable bonds is 2. The fraction of sp³-hybridized carbons (Fsp3) is 0. The van der Waals surface area contributed by atoms with Crippen molar-refractivity contribution in [1.82, 2.24) is 15.0 Å². The molecule has 86 valence electrons. The van der Waals surface area contributed by atoms with E-state index < -0.39 is 11.9 Å². The van der Waals surface area contributed by atoms with Crippen molar-refractivity contribution in [1.29, 1.82) is 0 Å². The number of hydrogen-bond donors (Lipinski definition) is 1. The summed E-state index contributed by atoms with van der Waals surface area (Å²) in [5, 5.41) is 2.51. The van der Waals surface area contributed by atoms with E-state index in [4.69, 9.17) is 0 Å². The van der Waals surface area contributed by atoms with Crippen molar-refractivity contribution in [2.75, 3.05) is 5.32 Å². The average molecular weight is 297 g/mol. The largest absolute Gasteiger partial charge is 0.305 e. The van der Waals surface area contributed by atoms with E-state index in [1.165, 1.54) is 18.5 Å². The number of anilines is 1. The van der Waals surface area contributed by atoms with Gasteiger partial charge in [-0.15, -0.1) is 0 Å². The third-order valence-electron chi connectivity index (χ3n) is 1.85. The number of nitrogens with zero attached hydrogens (tertiary/aromatic N) is 3. The Kier molecular flexibility index (Phi) is 3.38. The van der Waals surface area contributed by atoms with Crippen molar-refractivity contribution < 1.29 is 9.18 Å². The van der Waals surface area contributed by atoms with Gasteiger partial charge >= 0.3 is 0 Å². The van der Waals surface area contributed by atoms with Crippen molar-refractivity contribution >= 4 is 27.7 Å². The van der Waals surface area contributed by atoms with Crippen LogP contribution >= 0.6 is 15.9 Å². The van der Waals surface area contributed by atoms with Crippen LogP contribution in [0.1, 0.15) is 10.4 Å². The number of pyridine rings is 1. The summed E-state index contributed by atoms with van der Waals surface area (Å²) in [7, 11) is 0. The van der Waals surface area contributed by atoms with Crippen LogP contribution in [0.4, 0.5) is 10.2 Å². The van der Waals surface area contributed by atoms with Crippen LogP contribution in [0.25, 0.3) is 0 Å². The van der Waals surface area contributed by atoms with Gasteiger partial charge in [0.2, 0.25) is 5.95 Å². The monoisotopic (exact) mass is 296 g/mol. The highest BCUT2D eigenvalue weighted by molar-refractivity contribution is 9.10. The number of nitrogens with one attached hydrogen (secondary N) is 1. The van der Waals surface area contributed by atoms with E-state index in [0.29, 0.717) is 10.4 Å². The van der Waals surface area contributed by atoms with Gasteiger partial charge in [-0.3, -0.25) is 4.79 Å². The summed E-state index contributed by atoms with van der Waals surface area (Å²) in [5.41, 5.74) is 0.246. The average Bonchev–Trinajstić information content (AvgIpc) is 2.33. The number of aromatic nitrogens is 3. The lowest BCUT2D eigenvalue weighted by Crippen LogP contribution is -2.13. The Morgan fingerprint density at radius 2 is 2.00 bits per heavy atom. The van der Waals surface area contributed by atoms with Crippen LogP contribution in [0.5, 0.6) is 0 Å². The lowest BCUT2D eigenvalue weighted by atomic mass is 10.3. The molecule has 5 nitrogen and oxygen atoms in total. The molecule has 2 rings (SSSR count). The molecule has 0 saturated carbocycles. The highest BCUT2D eigenvalue weighted by atomic mass is 79.9. The standard InChI is InChI=1S/C10H6BrFN4O/c11-7-4-15-9(5-13-7)16-10(17)6-1-2-8(12)14-3-6/h1-5H,(H,15,16,17). The van der Waals surface area contributed by atoms with Crippen molar-refractivity contribution in [3.05, 3.63) is 46.8 Å². The van der Waals surface area contributed by atoms with E-state index in [1.54, 1.807) is 0 Å². The first kappa shape index (κ1) is 11.6. The summed E-state index contributed by atoms with van der Waals surface area (Å²) in [4.78, 5) is 22.9. The Bertz CT molecular complexity index is 529. The topological polar surface area (TPSA) is 67.8 Å².